The highest BCUT2D eigenvalue weighted by atomic mass is 16.5. The smallest absolute Gasteiger partial charge is 0.315 e. The minimum Gasteiger partial charge on any atom is -0.489 e. The molecule has 0 aliphatic carbocycles. The fourth-order valence-electron chi connectivity index (χ4n) is 2.75. The molecule has 1 heterocycles. The van der Waals surface area contributed by atoms with Gasteiger partial charge in [-0.3, -0.25) is 4.68 Å². The number of benzene rings is 1. The Bertz CT molecular complexity index is 697. The molecule has 0 radical (unpaired) electrons. The number of amides is 2. The number of aromatic nitrogens is 2. The summed E-state index contributed by atoms with van der Waals surface area (Å²) in [6.07, 6.45) is 0.654. The number of aryl methyl sites for hydroxylation is 2. The zero-order chi connectivity index (χ0) is 18.4. The maximum atomic E-state index is 12.1. The van der Waals surface area contributed by atoms with E-state index in [2.05, 4.69) is 15.7 Å². The highest BCUT2D eigenvalue weighted by molar-refractivity contribution is 5.74. The van der Waals surface area contributed by atoms with E-state index in [0.29, 0.717) is 6.54 Å². The second-order valence-electron chi connectivity index (χ2n) is 6.47. The van der Waals surface area contributed by atoms with E-state index in [9.17, 15) is 4.79 Å². The molecule has 0 aliphatic heterocycles. The van der Waals surface area contributed by atoms with Crippen molar-refractivity contribution >= 4 is 6.03 Å². The highest BCUT2D eigenvalue weighted by Gasteiger charge is 2.15. The molecule has 2 amide bonds. The van der Waals surface area contributed by atoms with Gasteiger partial charge in [0.25, 0.3) is 0 Å². The Kier molecular flexibility index (Phi) is 6.44. The lowest BCUT2D eigenvalue weighted by Crippen LogP contribution is -2.44. The Morgan fingerprint density at radius 1 is 1.24 bits per heavy atom. The van der Waals surface area contributed by atoms with Crippen LogP contribution in [0.4, 0.5) is 4.79 Å². The zero-order valence-electron chi connectivity index (χ0n) is 15.7. The molecule has 2 rings (SSSR count). The van der Waals surface area contributed by atoms with Crippen LogP contribution in [0.5, 0.6) is 5.75 Å². The standard InChI is InChI=1S/C19H28N4O2/c1-13(11-18-15(3)22-23(5)16(18)4)21-19(24)20-12-14(2)25-17-9-7-6-8-10-17/h6-10,13-14H,11-12H2,1-5H3,(H2,20,21,24)/t13-,14-/m0/s1. The van der Waals surface area contributed by atoms with E-state index in [0.717, 1.165) is 23.6 Å². The van der Waals surface area contributed by atoms with Gasteiger partial charge in [-0.25, -0.2) is 4.79 Å². The van der Waals surface area contributed by atoms with Crippen molar-refractivity contribution in [3.05, 3.63) is 47.3 Å². The summed E-state index contributed by atoms with van der Waals surface area (Å²) >= 11 is 0. The van der Waals surface area contributed by atoms with Gasteiger partial charge >= 0.3 is 6.03 Å². The SMILES string of the molecule is Cc1nn(C)c(C)c1C[C@H](C)NC(=O)NC[C@H](C)Oc1ccccc1. The van der Waals surface area contributed by atoms with Crippen LogP contribution < -0.4 is 15.4 Å². The topological polar surface area (TPSA) is 68.2 Å². The van der Waals surface area contributed by atoms with Gasteiger partial charge in [0.15, 0.2) is 0 Å². The molecule has 2 atom stereocenters. The summed E-state index contributed by atoms with van der Waals surface area (Å²) in [6, 6.07) is 9.42. The minimum atomic E-state index is -0.185. The van der Waals surface area contributed by atoms with E-state index in [1.807, 2.05) is 69.8 Å². The molecule has 136 valence electrons. The number of para-hydroxylation sites is 1. The van der Waals surface area contributed by atoms with Crippen molar-refractivity contribution in [1.82, 2.24) is 20.4 Å². The first-order valence-electron chi connectivity index (χ1n) is 8.62. The third kappa shape index (κ3) is 5.52. The number of hydrogen-bond donors (Lipinski definition) is 2. The first kappa shape index (κ1) is 18.8. The van der Waals surface area contributed by atoms with Gasteiger partial charge in [-0.2, -0.15) is 5.10 Å². The molecule has 0 spiro atoms. The lowest BCUT2D eigenvalue weighted by atomic mass is 10.1. The van der Waals surface area contributed by atoms with Crippen LogP contribution in [0.25, 0.3) is 0 Å². The summed E-state index contributed by atoms with van der Waals surface area (Å²) in [6.45, 7) is 8.41. The largest absolute Gasteiger partial charge is 0.489 e. The summed E-state index contributed by atoms with van der Waals surface area (Å²) in [5.74, 6) is 0.799. The number of carbonyl (C=O) groups excluding carboxylic acids is 1. The second kappa shape index (κ2) is 8.55. The van der Waals surface area contributed by atoms with Gasteiger partial charge in [0.1, 0.15) is 11.9 Å². The molecule has 0 unspecified atom stereocenters. The molecule has 6 heteroatoms. The van der Waals surface area contributed by atoms with E-state index in [1.165, 1.54) is 5.56 Å². The molecular weight excluding hydrogens is 316 g/mol. The third-order valence-corrected chi connectivity index (χ3v) is 4.18. The third-order valence-electron chi connectivity index (χ3n) is 4.18. The van der Waals surface area contributed by atoms with Crippen molar-refractivity contribution in [3.8, 4) is 5.75 Å². The van der Waals surface area contributed by atoms with Crippen LogP contribution >= 0.6 is 0 Å². The van der Waals surface area contributed by atoms with Crippen molar-refractivity contribution in [2.24, 2.45) is 7.05 Å². The van der Waals surface area contributed by atoms with E-state index in [-0.39, 0.29) is 18.2 Å². The Morgan fingerprint density at radius 2 is 1.92 bits per heavy atom. The average molecular weight is 344 g/mol. The Hall–Kier alpha value is -2.50. The molecule has 1 aromatic carbocycles. The van der Waals surface area contributed by atoms with Crippen LogP contribution in [0.15, 0.2) is 30.3 Å². The predicted octanol–water partition coefficient (Wildman–Crippen LogP) is 2.73. The molecule has 0 aliphatic rings. The first-order chi connectivity index (χ1) is 11.9. The molecule has 0 saturated carbocycles. The minimum absolute atomic E-state index is 0.0203. The number of ether oxygens (including phenoxy) is 1. The monoisotopic (exact) mass is 344 g/mol. The number of nitrogens with one attached hydrogen (secondary N) is 2. The summed E-state index contributed by atoms with van der Waals surface area (Å²) < 4.78 is 7.62. The number of carbonyl (C=O) groups is 1. The average Bonchev–Trinajstić information content (AvgIpc) is 2.80. The maximum Gasteiger partial charge on any atom is 0.315 e. The number of hydrogen-bond acceptors (Lipinski definition) is 3. The quantitative estimate of drug-likeness (QED) is 0.811. The van der Waals surface area contributed by atoms with Crippen molar-refractivity contribution in [3.63, 3.8) is 0 Å². The van der Waals surface area contributed by atoms with Crippen LogP contribution in [-0.2, 0) is 13.5 Å². The number of urea groups is 1. The molecule has 0 saturated heterocycles. The fourth-order valence-corrected chi connectivity index (χ4v) is 2.75. The van der Waals surface area contributed by atoms with Crippen molar-refractivity contribution < 1.29 is 9.53 Å². The predicted molar refractivity (Wildman–Crippen MR) is 98.9 cm³/mol. The highest BCUT2D eigenvalue weighted by Crippen LogP contribution is 2.14. The summed E-state index contributed by atoms with van der Waals surface area (Å²) in [5.41, 5.74) is 3.34. The molecule has 2 N–H and O–H groups in total. The first-order valence-corrected chi connectivity index (χ1v) is 8.62. The maximum absolute atomic E-state index is 12.1. The Morgan fingerprint density at radius 3 is 2.52 bits per heavy atom. The summed E-state index contributed by atoms with van der Waals surface area (Å²) in [7, 11) is 1.94. The summed E-state index contributed by atoms with van der Waals surface area (Å²) in [4.78, 5) is 12.1. The van der Waals surface area contributed by atoms with Crippen LogP contribution in [0.1, 0.15) is 30.8 Å². The number of rotatable bonds is 7. The molecule has 0 bridgehead atoms. The van der Waals surface area contributed by atoms with Crippen LogP contribution in [0, 0.1) is 13.8 Å². The molecule has 1 aromatic heterocycles. The van der Waals surface area contributed by atoms with E-state index < -0.39 is 0 Å². The second-order valence-corrected chi connectivity index (χ2v) is 6.47. The lowest BCUT2D eigenvalue weighted by molar-refractivity contribution is 0.206. The van der Waals surface area contributed by atoms with E-state index in [1.54, 1.807) is 0 Å². The van der Waals surface area contributed by atoms with Gasteiger partial charge in [-0.15, -0.1) is 0 Å². The van der Waals surface area contributed by atoms with E-state index in [4.69, 9.17) is 4.74 Å². The molecule has 25 heavy (non-hydrogen) atoms. The lowest BCUT2D eigenvalue weighted by Gasteiger charge is -2.18. The van der Waals surface area contributed by atoms with Crippen molar-refractivity contribution in [1.29, 1.82) is 0 Å². The van der Waals surface area contributed by atoms with Gasteiger partial charge in [-0.1, -0.05) is 18.2 Å². The molecule has 2 aromatic rings. The van der Waals surface area contributed by atoms with Gasteiger partial charge in [0.05, 0.1) is 12.2 Å². The van der Waals surface area contributed by atoms with Crippen LogP contribution in [-0.4, -0.2) is 34.5 Å². The molecular formula is C19H28N4O2. The fraction of sp³-hybridized carbons (Fsp3) is 0.474. The van der Waals surface area contributed by atoms with Gasteiger partial charge in [0, 0.05) is 18.8 Å². The van der Waals surface area contributed by atoms with Crippen molar-refractivity contribution in [2.75, 3.05) is 6.54 Å². The van der Waals surface area contributed by atoms with Crippen molar-refractivity contribution in [2.45, 2.75) is 46.3 Å². The van der Waals surface area contributed by atoms with Gasteiger partial charge in [0.2, 0.25) is 0 Å². The van der Waals surface area contributed by atoms with Gasteiger partial charge < -0.3 is 15.4 Å². The van der Waals surface area contributed by atoms with Crippen LogP contribution in [0.3, 0.4) is 0 Å². The normalized spacial score (nSPS) is 13.2. The molecule has 6 nitrogen and oxygen atoms in total. The van der Waals surface area contributed by atoms with E-state index >= 15 is 0 Å². The summed E-state index contributed by atoms with van der Waals surface area (Å²) in [5, 5.41) is 10.2. The van der Waals surface area contributed by atoms with Gasteiger partial charge in [-0.05, 0) is 51.8 Å². The Labute approximate surface area is 149 Å². The zero-order valence-corrected chi connectivity index (χ0v) is 15.7. The van der Waals surface area contributed by atoms with Crippen LogP contribution in [0.2, 0.25) is 0 Å². The molecule has 0 fully saturated rings. The Balaban J connectivity index is 1.75. The number of nitrogens with zero attached hydrogens (tertiary/aromatic N) is 2.